The summed E-state index contributed by atoms with van der Waals surface area (Å²) in [6.45, 7) is -0.0263. The number of carbonyl (C=O) groups excluding carboxylic acids is 1. The van der Waals surface area contributed by atoms with E-state index in [4.69, 9.17) is 43.1 Å². The lowest BCUT2D eigenvalue weighted by atomic mass is 10.1. The molecule has 0 saturated heterocycles. The highest BCUT2D eigenvalue weighted by Crippen LogP contribution is 2.47. The summed E-state index contributed by atoms with van der Waals surface area (Å²) in [6, 6.07) is 3.01. The number of anilines is 1. The van der Waals surface area contributed by atoms with Crippen LogP contribution < -0.4 is 15.2 Å². The average molecular weight is 437 g/mol. The standard InChI is InChI=1S/C20H15Cl2FN2O4/c21-12-7-6-11(18-19(12)29-9-28-18)16-14(23)15(24)13(22)17(25-16)20(26)27-8-10-4-2-1-3-5-10/h2,4-7H,1,3,8-9H2,(H2,24,25). The van der Waals surface area contributed by atoms with Gasteiger partial charge < -0.3 is 19.9 Å². The fourth-order valence-corrected chi connectivity index (χ4v) is 3.42. The van der Waals surface area contributed by atoms with Gasteiger partial charge in [-0.25, -0.2) is 14.2 Å². The summed E-state index contributed by atoms with van der Waals surface area (Å²) in [5.74, 6) is -1.23. The van der Waals surface area contributed by atoms with E-state index in [0.29, 0.717) is 5.02 Å². The Labute approximate surface area is 175 Å². The number of pyridine rings is 1. The molecule has 0 spiro atoms. The van der Waals surface area contributed by atoms with Crippen LogP contribution in [0.4, 0.5) is 10.1 Å². The van der Waals surface area contributed by atoms with Crippen molar-refractivity contribution in [1.82, 2.24) is 4.98 Å². The van der Waals surface area contributed by atoms with Crippen LogP contribution in [-0.2, 0) is 4.74 Å². The third-order valence-electron chi connectivity index (χ3n) is 4.47. The van der Waals surface area contributed by atoms with Crippen LogP contribution in [0, 0.1) is 5.82 Å². The number of carbonyl (C=O) groups is 1. The maximum atomic E-state index is 14.9. The lowest BCUT2D eigenvalue weighted by molar-refractivity contribution is 0.0536. The lowest BCUT2D eigenvalue weighted by Gasteiger charge is -2.13. The van der Waals surface area contributed by atoms with Crippen molar-refractivity contribution in [1.29, 1.82) is 0 Å². The van der Waals surface area contributed by atoms with Gasteiger partial charge in [0.25, 0.3) is 0 Å². The molecule has 4 rings (SSSR count). The number of nitrogens with two attached hydrogens (primary N) is 1. The number of nitrogens with zero attached hydrogens (tertiary/aromatic N) is 1. The van der Waals surface area contributed by atoms with Crippen LogP contribution in [-0.4, -0.2) is 24.4 Å². The molecule has 29 heavy (non-hydrogen) atoms. The molecule has 0 saturated carbocycles. The zero-order valence-electron chi connectivity index (χ0n) is 15.0. The number of nitrogen functional groups attached to an aromatic ring is 1. The van der Waals surface area contributed by atoms with Crippen LogP contribution in [0.1, 0.15) is 23.3 Å². The molecule has 1 aromatic carbocycles. The van der Waals surface area contributed by atoms with Gasteiger partial charge in [-0.2, -0.15) is 0 Å². The first-order chi connectivity index (χ1) is 14.0. The minimum Gasteiger partial charge on any atom is -0.456 e. The zero-order chi connectivity index (χ0) is 20.5. The van der Waals surface area contributed by atoms with Gasteiger partial charge in [0.15, 0.2) is 23.0 Å². The Bertz CT molecular complexity index is 1070. The lowest BCUT2D eigenvalue weighted by Crippen LogP contribution is -2.13. The number of rotatable bonds is 4. The van der Waals surface area contributed by atoms with Crippen LogP contribution in [0.3, 0.4) is 0 Å². The second kappa shape index (κ2) is 7.93. The van der Waals surface area contributed by atoms with Crippen molar-refractivity contribution in [2.75, 3.05) is 19.1 Å². The molecule has 150 valence electrons. The molecule has 1 aromatic heterocycles. The molecule has 2 aromatic rings. The first kappa shape index (κ1) is 19.5. The summed E-state index contributed by atoms with van der Waals surface area (Å²) in [5.41, 5.74) is 5.97. The molecule has 0 unspecified atom stereocenters. The van der Waals surface area contributed by atoms with E-state index in [1.807, 2.05) is 18.2 Å². The van der Waals surface area contributed by atoms with Crippen LogP contribution in [0.2, 0.25) is 10.0 Å². The summed E-state index contributed by atoms with van der Waals surface area (Å²) < 4.78 is 30.9. The molecule has 2 heterocycles. The van der Waals surface area contributed by atoms with Crippen LogP contribution >= 0.6 is 23.2 Å². The van der Waals surface area contributed by atoms with Gasteiger partial charge in [0, 0.05) is 5.56 Å². The van der Waals surface area contributed by atoms with Crippen LogP contribution in [0.5, 0.6) is 11.5 Å². The highest BCUT2D eigenvalue weighted by atomic mass is 35.5. The van der Waals surface area contributed by atoms with Crippen molar-refractivity contribution >= 4 is 34.9 Å². The summed E-state index contributed by atoms with van der Waals surface area (Å²) in [7, 11) is 0. The number of hydrogen-bond acceptors (Lipinski definition) is 6. The molecule has 1 aliphatic heterocycles. The third-order valence-corrected chi connectivity index (χ3v) is 5.15. The maximum Gasteiger partial charge on any atom is 0.358 e. The molecule has 6 nitrogen and oxygen atoms in total. The smallest absolute Gasteiger partial charge is 0.358 e. The van der Waals surface area contributed by atoms with E-state index in [9.17, 15) is 9.18 Å². The van der Waals surface area contributed by atoms with E-state index in [2.05, 4.69) is 4.98 Å². The van der Waals surface area contributed by atoms with Gasteiger partial charge in [-0.05, 0) is 30.5 Å². The Morgan fingerprint density at radius 1 is 1.24 bits per heavy atom. The van der Waals surface area contributed by atoms with E-state index in [-0.39, 0.29) is 46.9 Å². The van der Waals surface area contributed by atoms with E-state index in [1.54, 1.807) is 0 Å². The predicted octanol–water partition coefficient (Wildman–Crippen LogP) is 4.94. The Hall–Kier alpha value is -2.77. The van der Waals surface area contributed by atoms with Crippen molar-refractivity contribution in [2.24, 2.45) is 0 Å². The quantitative estimate of drug-likeness (QED) is 0.683. The fraction of sp³-hybridized carbons (Fsp3) is 0.200. The average Bonchev–Trinajstić information content (AvgIpc) is 3.23. The molecule has 0 atom stereocenters. The molecular formula is C20H15Cl2FN2O4. The number of hydrogen-bond donors (Lipinski definition) is 1. The summed E-state index contributed by atoms with van der Waals surface area (Å²) in [5, 5.41) is -0.00997. The van der Waals surface area contributed by atoms with Crippen molar-refractivity contribution in [2.45, 2.75) is 12.8 Å². The van der Waals surface area contributed by atoms with Gasteiger partial charge in [0.2, 0.25) is 6.79 Å². The van der Waals surface area contributed by atoms with E-state index < -0.39 is 17.5 Å². The monoisotopic (exact) mass is 436 g/mol. The number of fused-ring (bicyclic) bond motifs is 1. The first-order valence-corrected chi connectivity index (χ1v) is 9.48. The van der Waals surface area contributed by atoms with Crippen molar-refractivity contribution in [3.8, 4) is 22.8 Å². The number of halogens is 3. The van der Waals surface area contributed by atoms with Crippen LogP contribution in [0.15, 0.2) is 35.9 Å². The Kier molecular flexibility index (Phi) is 5.34. The third kappa shape index (κ3) is 3.63. The molecule has 0 radical (unpaired) electrons. The molecule has 0 bridgehead atoms. The Balaban J connectivity index is 1.71. The van der Waals surface area contributed by atoms with Crippen molar-refractivity contribution < 1.29 is 23.4 Å². The minimum atomic E-state index is -0.885. The number of benzene rings is 1. The van der Waals surface area contributed by atoms with Gasteiger partial charge in [-0.3, -0.25) is 0 Å². The van der Waals surface area contributed by atoms with E-state index in [0.717, 1.165) is 18.4 Å². The Morgan fingerprint density at radius 3 is 2.79 bits per heavy atom. The predicted molar refractivity (Wildman–Crippen MR) is 107 cm³/mol. The van der Waals surface area contributed by atoms with Gasteiger partial charge >= 0.3 is 5.97 Å². The minimum absolute atomic E-state index is 0.0489. The van der Waals surface area contributed by atoms with Gasteiger partial charge in [0.05, 0.1) is 15.7 Å². The molecule has 2 N–H and O–H groups in total. The molecule has 0 amide bonds. The molecule has 9 heteroatoms. The number of allylic oxidation sites excluding steroid dienone is 2. The maximum absolute atomic E-state index is 14.9. The SMILES string of the molecule is Nc1c(F)c(-c2ccc(Cl)c3c2OCO3)nc(C(=O)OCC2=CCCC=C2)c1Cl. The zero-order valence-corrected chi connectivity index (χ0v) is 16.5. The molecule has 1 aliphatic carbocycles. The largest absolute Gasteiger partial charge is 0.456 e. The van der Waals surface area contributed by atoms with Gasteiger partial charge in [-0.1, -0.05) is 41.4 Å². The molecular weight excluding hydrogens is 422 g/mol. The fourth-order valence-electron chi connectivity index (χ4n) is 3.02. The van der Waals surface area contributed by atoms with Crippen LogP contribution in [0.25, 0.3) is 11.3 Å². The second-order valence-corrected chi connectivity index (χ2v) is 7.13. The topological polar surface area (TPSA) is 83.7 Å². The normalized spacial score (nSPS) is 14.7. The number of ether oxygens (including phenoxy) is 3. The summed E-state index contributed by atoms with van der Waals surface area (Å²) >= 11 is 12.2. The Morgan fingerprint density at radius 2 is 2.03 bits per heavy atom. The molecule has 0 fully saturated rings. The van der Waals surface area contributed by atoms with E-state index in [1.165, 1.54) is 12.1 Å². The number of esters is 1. The van der Waals surface area contributed by atoms with Gasteiger partial charge in [0.1, 0.15) is 12.3 Å². The van der Waals surface area contributed by atoms with Crippen molar-refractivity contribution in [3.63, 3.8) is 0 Å². The van der Waals surface area contributed by atoms with Crippen molar-refractivity contribution in [3.05, 3.63) is 57.5 Å². The first-order valence-electron chi connectivity index (χ1n) is 8.73. The highest BCUT2D eigenvalue weighted by Gasteiger charge is 2.28. The summed E-state index contributed by atoms with van der Waals surface area (Å²) in [4.78, 5) is 16.7. The van der Waals surface area contributed by atoms with Gasteiger partial charge in [-0.15, -0.1) is 0 Å². The second-order valence-electron chi connectivity index (χ2n) is 6.35. The summed E-state index contributed by atoms with van der Waals surface area (Å²) in [6.07, 6.45) is 7.66. The number of aromatic nitrogens is 1. The highest BCUT2D eigenvalue weighted by molar-refractivity contribution is 6.36. The van der Waals surface area contributed by atoms with E-state index >= 15 is 0 Å². The molecule has 2 aliphatic rings.